The molecule has 0 N–H and O–H groups in total. The first-order valence-corrected chi connectivity index (χ1v) is 14.6. The molecule has 0 amide bonds. The molecule has 178 valence electrons. The first-order chi connectivity index (χ1) is 14.0. The van der Waals surface area contributed by atoms with Gasteiger partial charge in [-0.1, -0.05) is 0 Å². The van der Waals surface area contributed by atoms with Gasteiger partial charge in [0.25, 0.3) is 0 Å². The van der Waals surface area contributed by atoms with E-state index in [1.54, 1.807) is 19.8 Å². The van der Waals surface area contributed by atoms with Crippen LogP contribution in [0.2, 0.25) is 11.6 Å². The summed E-state index contributed by atoms with van der Waals surface area (Å²) in [6.45, 7) is 21.4. The van der Waals surface area contributed by atoms with Gasteiger partial charge in [0, 0.05) is 0 Å². The fourth-order valence-electron chi connectivity index (χ4n) is 5.48. The van der Waals surface area contributed by atoms with Crippen LogP contribution in [0.3, 0.4) is 0 Å². The Morgan fingerprint density at radius 2 is 1.30 bits per heavy atom. The Kier molecular flexibility index (Phi) is 12.0. The van der Waals surface area contributed by atoms with Crippen LogP contribution in [0.25, 0.3) is 0 Å². The molecule has 2 aromatic rings. The standard InChI is InChI=1S/C28H37Si.3ClH.Ti/c1-10-24-15-25(11-2)17-26(16-24)29(9,27-14-19(3)12-13-20(27)4)28(8)18-21(5)22(6)23(28)7;;;;/h12-17H,10-11H2,1-9H3;3*1H;/q;;;;+3/p-3. The average molecular weight is 556 g/mol. The van der Waals surface area contributed by atoms with Crippen LogP contribution in [0.5, 0.6) is 0 Å². The number of benzene rings is 2. The molecule has 5 heteroatoms. The predicted octanol–water partition coefficient (Wildman–Crippen LogP) is -2.44. The van der Waals surface area contributed by atoms with Gasteiger partial charge in [-0.3, -0.25) is 0 Å². The minimum atomic E-state index is -2.19. The van der Waals surface area contributed by atoms with Crippen LogP contribution in [-0.4, -0.2) is 8.07 Å². The summed E-state index contributed by atoms with van der Waals surface area (Å²) in [6.07, 6.45) is 2.19. The van der Waals surface area contributed by atoms with Crippen molar-refractivity contribution in [3.63, 3.8) is 0 Å². The maximum absolute atomic E-state index is 2.64. The number of hydrogen-bond donors (Lipinski definition) is 0. The molecule has 0 radical (unpaired) electrons. The van der Waals surface area contributed by atoms with Crippen molar-refractivity contribution in [1.29, 1.82) is 0 Å². The summed E-state index contributed by atoms with van der Waals surface area (Å²) in [6, 6.07) is 14.6. The van der Waals surface area contributed by atoms with Crippen LogP contribution >= 0.6 is 0 Å². The van der Waals surface area contributed by atoms with Crippen molar-refractivity contribution in [2.45, 2.75) is 79.8 Å². The summed E-state index contributed by atoms with van der Waals surface area (Å²) in [5.74, 6) is 0. The molecule has 2 unspecified atom stereocenters. The van der Waals surface area contributed by atoms with E-state index in [1.165, 1.54) is 33.4 Å². The topological polar surface area (TPSA) is 0 Å². The van der Waals surface area contributed by atoms with Crippen LogP contribution in [-0.2, 0) is 33.3 Å². The van der Waals surface area contributed by atoms with Crippen molar-refractivity contribution in [2.24, 2.45) is 0 Å². The molecule has 2 atom stereocenters. The summed E-state index contributed by atoms with van der Waals surface area (Å²) in [5.41, 5.74) is 10.3. The van der Waals surface area contributed by atoms with Crippen LogP contribution in [0.1, 0.15) is 63.8 Å². The molecule has 0 saturated carbocycles. The zero-order valence-electron chi connectivity index (χ0n) is 21.5. The fraction of sp³-hybridized carbons (Fsp3) is 0.429. The van der Waals surface area contributed by atoms with Crippen molar-refractivity contribution in [2.75, 3.05) is 0 Å². The maximum atomic E-state index is 2.64. The smallest absolute Gasteiger partial charge is 1.00 e. The molecule has 3 rings (SSSR count). The molecule has 33 heavy (non-hydrogen) atoms. The van der Waals surface area contributed by atoms with E-state index in [0.29, 0.717) is 0 Å². The van der Waals surface area contributed by atoms with Crippen molar-refractivity contribution < 1.29 is 57.7 Å². The zero-order chi connectivity index (χ0) is 22.4. The second-order valence-corrected chi connectivity index (χ2v) is 14.7. The number of aryl methyl sites for hydroxylation is 4. The van der Waals surface area contributed by atoms with Gasteiger partial charge in [-0.05, 0) is 0 Å². The van der Waals surface area contributed by atoms with Gasteiger partial charge < -0.3 is 37.2 Å². The predicted molar refractivity (Wildman–Crippen MR) is 131 cm³/mol. The van der Waals surface area contributed by atoms with E-state index >= 15 is 0 Å². The second kappa shape index (κ2) is 12.1. The maximum Gasteiger partial charge on any atom is -1.00 e. The van der Waals surface area contributed by atoms with Gasteiger partial charge in [0.2, 0.25) is 0 Å². The van der Waals surface area contributed by atoms with Gasteiger partial charge >= 0.3 is 198 Å². The summed E-state index contributed by atoms with van der Waals surface area (Å²) in [7, 11) is -2.19. The van der Waals surface area contributed by atoms with E-state index in [-0.39, 0.29) is 42.3 Å². The second-order valence-electron chi connectivity index (χ2n) is 9.56. The Morgan fingerprint density at radius 3 is 1.73 bits per heavy atom. The van der Waals surface area contributed by atoms with Crippen molar-refractivity contribution in [1.82, 2.24) is 0 Å². The van der Waals surface area contributed by atoms with Crippen molar-refractivity contribution in [3.8, 4) is 0 Å². The zero-order valence-corrected chi connectivity index (χ0v) is 26.3. The summed E-state index contributed by atoms with van der Waals surface area (Å²) >= 11 is 2.40. The molecule has 0 nitrogen and oxygen atoms in total. The first-order valence-electron chi connectivity index (χ1n) is 11.3. The van der Waals surface area contributed by atoms with Gasteiger partial charge in [0.1, 0.15) is 0 Å². The molecule has 0 fully saturated rings. The first kappa shape index (κ1) is 32.7. The third-order valence-corrected chi connectivity index (χ3v) is 15.6. The van der Waals surface area contributed by atoms with Crippen LogP contribution in [0.4, 0.5) is 0 Å². The van der Waals surface area contributed by atoms with Crippen LogP contribution in [0.15, 0.2) is 57.0 Å². The quantitative estimate of drug-likeness (QED) is 0.360. The Balaban J connectivity index is 0.00000341. The van der Waals surface area contributed by atoms with Gasteiger partial charge in [-0.2, -0.15) is 0 Å². The molecule has 0 aliphatic heterocycles. The Hall–Kier alpha value is -0.279. The van der Waals surface area contributed by atoms with Crippen molar-refractivity contribution in [3.05, 3.63) is 79.2 Å². The van der Waals surface area contributed by atoms with E-state index in [0.717, 1.165) is 12.8 Å². The van der Waals surface area contributed by atoms with E-state index in [9.17, 15) is 0 Å². The minimum Gasteiger partial charge on any atom is -1.00 e. The molecule has 0 saturated heterocycles. The number of hydrogen-bond acceptors (Lipinski definition) is 0. The van der Waals surface area contributed by atoms with Gasteiger partial charge in [-0.15, -0.1) is 0 Å². The molecule has 0 spiro atoms. The third-order valence-electron chi connectivity index (χ3n) is 8.13. The van der Waals surface area contributed by atoms with Crippen molar-refractivity contribution >= 4 is 18.4 Å². The normalized spacial score (nSPS) is 19.5. The molecule has 1 aliphatic rings. The molecule has 1 aliphatic carbocycles. The van der Waals surface area contributed by atoms with Crippen LogP contribution in [0, 0.1) is 13.8 Å². The minimum absolute atomic E-state index is 0. The molecular weight excluding hydrogens is 519 g/mol. The Labute approximate surface area is 233 Å². The SMILES string of the molecule is CCc1cc(CC)cc([Si](C)(c2cc(C)ccc2C)C2(C)C(C)=C(C)C(C)=[C]2[Ti+3])c1.[Cl-].[Cl-].[Cl-]. The summed E-state index contributed by atoms with van der Waals surface area (Å²) < 4.78 is 1.58. The largest absolute Gasteiger partial charge is 1.00 e. The molecule has 0 aromatic heterocycles. The van der Waals surface area contributed by atoms with E-state index in [2.05, 4.69) is 119 Å². The molecule has 0 heterocycles. The number of halogens is 3. The molecule has 2 aromatic carbocycles. The third kappa shape index (κ3) is 5.16. The van der Waals surface area contributed by atoms with Gasteiger partial charge in [-0.25, -0.2) is 0 Å². The fourth-order valence-corrected chi connectivity index (χ4v) is 12.6. The van der Waals surface area contributed by atoms with E-state index in [4.69, 9.17) is 0 Å². The number of allylic oxidation sites excluding steroid dienone is 4. The monoisotopic (exact) mass is 554 g/mol. The summed E-state index contributed by atoms with van der Waals surface area (Å²) in [5, 5.41) is 3.27. The Bertz CT molecular complexity index is 1020. The van der Waals surface area contributed by atoms with Gasteiger partial charge in [0.05, 0.1) is 0 Å². The summed E-state index contributed by atoms with van der Waals surface area (Å²) in [4.78, 5) is 0. The van der Waals surface area contributed by atoms with Gasteiger partial charge in [0.15, 0.2) is 0 Å². The van der Waals surface area contributed by atoms with E-state index < -0.39 is 8.07 Å². The number of rotatable bonds is 5. The van der Waals surface area contributed by atoms with E-state index in [1.807, 2.05) is 0 Å². The Morgan fingerprint density at radius 1 is 0.788 bits per heavy atom. The molecular formula is C28H37Cl3SiTi. The molecule has 0 bridgehead atoms. The van der Waals surface area contributed by atoms with Crippen LogP contribution < -0.4 is 47.6 Å². The average Bonchev–Trinajstić information content (AvgIpc) is 2.90.